The average Bonchev–Trinajstić information content (AvgIpc) is 3.67. The van der Waals surface area contributed by atoms with Gasteiger partial charge < -0.3 is 19.6 Å². The number of rotatable bonds is 16. The van der Waals surface area contributed by atoms with E-state index >= 15 is 0 Å². The SMILES string of the molecule is C=C(C)[C@@H]1C[C@@H](c2ccc(S(=O)(=O)N(C)Cc3ccccc3)cc2)[C@@H](CC(C)C)O[C@H]1c1cc(S(=O)(=O)N2CCN(S(=O)(=O)c3cnc(C)[nH]3)CC2)ccc1OCC(=O)O. The molecule has 2 N–H and O–H groups in total. The van der Waals surface area contributed by atoms with E-state index in [9.17, 15) is 35.2 Å². The van der Waals surface area contributed by atoms with Crippen molar-refractivity contribution < 1.29 is 44.6 Å². The Morgan fingerprint density at radius 2 is 1.57 bits per heavy atom. The molecule has 324 valence electrons. The van der Waals surface area contributed by atoms with Gasteiger partial charge in [-0.15, -0.1) is 0 Å². The molecule has 0 spiro atoms. The van der Waals surface area contributed by atoms with Crippen molar-refractivity contribution in [3.8, 4) is 5.75 Å². The maximum absolute atomic E-state index is 14.2. The van der Waals surface area contributed by atoms with Gasteiger partial charge in [0.25, 0.3) is 10.0 Å². The summed E-state index contributed by atoms with van der Waals surface area (Å²) in [4.78, 5) is 18.5. The molecule has 2 fully saturated rings. The molecule has 0 saturated carbocycles. The third-order valence-electron chi connectivity index (χ3n) is 11.0. The fourth-order valence-corrected chi connectivity index (χ4v) is 11.9. The summed E-state index contributed by atoms with van der Waals surface area (Å²) in [5, 5.41) is 9.46. The number of aromatic nitrogens is 2. The maximum Gasteiger partial charge on any atom is 0.341 e. The number of aromatic amines is 1. The minimum atomic E-state index is -4.18. The Morgan fingerprint density at radius 1 is 0.950 bits per heavy atom. The van der Waals surface area contributed by atoms with Gasteiger partial charge in [0, 0.05) is 57.2 Å². The maximum atomic E-state index is 14.2. The third-order valence-corrected chi connectivity index (χ3v) is 16.5. The highest BCUT2D eigenvalue weighted by atomic mass is 32.2. The Hall–Kier alpha value is -4.43. The number of carbonyl (C=O) groups is 1. The van der Waals surface area contributed by atoms with Gasteiger partial charge in [-0.1, -0.05) is 68.5 Å². The van der Waals surface area contributed by atoms with Gasteiger partial charge in [-0.25, -0.2) is 35.0 Å². The van der Waals surface area contributed by atoms with E-state index in [0.717, 1.165) is 16.7 Å². The summed E-state index contributed by atoms with van der Waals surface area (Å²) >= 11 is 0. The first-order valence-electron chi connectivity index (χ1n) is 19.7. The summed E-state index contributed by atoms with van der Waals surface area (Å²) in [5.74, 6) is -1.03. The normalized spacial score (nSPS) is 21.0. The van der Waals surface area contributed by atoms with Crippen LogP contribution in [-0.2, 0) is 46.1 Å². The molecule has 15 nitrogen and oxygen atoms in total. The molecule has 4 aromatic rings. The number of nitrogens with one attached hydrogen (secondary N) is 1. The third kappa shape index (κ3) is 9.85. The molecule has 6 rings (SSSR count). The van der Waals surface area contributed by atoms with E-state index < -0.39 is 54.9 Å². The molecule has 1 aromatic heterocycles. The van der Waals surface area contributed by atoms with Crippen molar-refractivity contribution >= 4 is 36.0 Å². The summed E-state index contributed by atoms with van der Waals surface area (Å²) < 4.78 is 98.5. The Balaban J connectivity index is 1.29. The summed E-state index contributed by atoms with van der Waals surface area (Å²) in [6.45, 7) is 11.1. The number of hydrogen-bond donors (Lipinski definition) is 2. The van der Waals surface area contributed by atoms with Gasteiger partial charge in [-0.05, 0) is 74.1 Å². The van der Waals surface area contributed by atoms with E-state index in [4.69, 9.17) is 9.47 Å². The van der Waals surface area contributed by atoms with Gasteiger partial charge in [-0.2, -0.15) is 12.9 Å². The predicted octanol–water partition coefficient (Wildman–Crippen LogP) is 5.55. The second-order valence-corrected chi connectivity index (χ2v) is 21.7. The second-order valence-electron chi connectivity index (χ2n) is 15.9. The van der Waals surface area contributed by atoms with Crippen molar-refractivity contribution in [2.45, 2.75) is 80.0 Å². The number of aliphatic carboxylic acids is 1. The lowest BCUT2D eigenvalue weighted by atomic mass is 9.74. The lowest BCUT2D eigenvalue weighted by Crippen LogP contribution is -2.50. The molecular formula is C42H53N5O10S3. The van der Waals surface area contributed by atoms with Gasteiger partial charge in [0.2, 0.25) is 20.0 Å². The smallest absolute Gasteiger partial charge is 0.341 e. The Morgan fingerprint density at radius 3 is 2.13 bits per heavy atom. The van der Waals surface area contributed by atoms with Crippen LogP contribution >= 0.6 is 0 Å². The minimum Gasteiger partial charge on any atom is -0.482 e. The minimum absolute atomic E-state index is 0.0669. The van der Waals surface area contributed by atoms with E-state index in [-0.39, 0.29) is 71.0 Å². The van der Waals surface area contributed by atoms with Gasteiger partial charge in [0.15, 0.2) is 11.6 Å². The van der Waals surface area contributed by atoms with Gasteiger partial charge in [0.1, 0.15) is 11.6 Å². The van der Waals surface area contributed by atoms with E-state index in [1.165, 1.54) is 37.3 Å². The van der Waals surface area contributed by atoms with E-state index in [0.29, 0.717) is 24.2 Å². The van der Waals surface area contributed by atoms with E-state index in [1.54, 1.807) is 26.1 Å². The zero-order valence-electron chi connectivity index (χ0n) is 34.4. The molecule has 0 aliphatic carbocycles. The van der Waals surface area contributed by atoms with E-state index in [1.807, 2.05) is 49.4 Å². The molecule has 0 unspecified atom stereocenters. The van der Waals surface area contributed by atoms with Gasteiger partial charge in [0.05, 0.1) is 28.2 Å². The number of piperazine rings is 1. The first kappa shape index (κ1) is 45.1. The van der Waals surface area contributed by atoms with Crippen LogP contribution in [0.4, 0.5) is 0 Å². The van der Waals surface area contributed by atoms with Crippen LogP contribution in [0.5, 0.6) is 5.75 Å². The van der Waals surface area contributed by atoms with Crippen LogP contribution in [0.1, 0.15) is 68.1 Å². The standard InChI is InChI=1S/C42H53N5O10S3/c1-28(2)22-39-36(32-12-14-33(15-13-32)58(50,51)45(6)26-31-10-8-7-9-11-31)24-35(29(3)4)42(57-39)37-23-34(16-17-38(37)56-27-41(48)49)59(52,53)46-18-20-47(21-19-46)60(54,55)40-25-43-30(5)44-40/h7-17,23,25,28,35-36,39,42H,3,18-22,24,26-27H2,1-2,4-6H3,(H,43,44)(H,48,49)/t35-,36-,39+,42+/m0/s1. The van der Waals surface area contributed by atoms with Crippen molar-refractivity contribution in [3.63, 3.8) is 0 Å². The number of aryl methyl sites for hydroxylation is 1. The van der Waals surface area contributed by atoms with Gasteiger partial charge in [-0.3, -0.25) is 0 Å². The zero-order valence-corrected chi connectivity index (χ0v) is 36.8. The molecule has 60 heavy (non-hydrogen) atoms. The monoisotopic (exact) mass is 883 g/mol. The Labute approximate surface area is 353 Å². The number of benzene rings is 3. The number of carboxylic acid groups (broad SMARTS) is 1. The fraction of sp³-hybridized carbons (Fsp3) is 0.429. The number of nitrogens with zero attached hydrogens (tertiary/aromatic N) is 4. The number of imidazole rings is 1. The highest BCUT2D eigenvalue weighted by Gasteiger charge is 2.42. The van der Waals surface area contributed by atoms with Crippen molar-refractivity contribution in [2.75, 3.05) is 39.8 Å². The number of carboxylic acids is 1. The van der Waals surface area contributed by atoms with Crippen LogP contribution in [-0.4, -0.2) is 105 Å². The summed E-state index contributed by atoms with van der Waals surface area (Å²) in [7, 11) is -10.3. The molecule has 0 bridgehead atoms. The first-order chi connectivity index (χ1) is 28.3. The van der Waals surface area contributed by atoms with Gasteiger partial charge >= 0.3 is 5.97 Å². The lowest BCUT2D eigenvalue weighted by Gasteiger charge is -2.44. The quantitative estimate of drug-likeness (QED) is 0.134. The molecular weight excluding hydrogens is 831 g/mol. The van der Waals surface area contributed by atoms with Crippen LogP contribution in [0.3, 0.4) is 0 Å². The number of H-pyrrole nitrogens is 1. The van der Waals surface area contributed by atoms with Crippen molar-refractivity contribution in [3.05, 3.63) is 114 Å². The summed E-state index contributed by atoms with van der Waals surface area (Å²) in [5.41, 5.74) is 2.83. The fourth-order valence-electron chi connectivity index (χ4n) is 7.85. The van der Waals surface area contributed by atoms with Crippen LogP contribution in [0, 0.1) is 18.8 Å². The molecule has 4 atom stereocenters. The molecule has 0 amide bonds. The van der Waals surface area contributed by atoms with Crippen LogP contribution in [0.25, 0.3) is 0 Å². The number of sulfonamides is 3. The summed E-state index contributed by atoms with van der Waals surface area (Å²) in [6, 6.07) is 20.4. The topological polar surface area (TPSA) is 197 Å². The van der Waals surface area contributed by atoms with Crippen LogP contribution < -0.4 is 4.74 Å². The van der Waals surface area contributed by atoms with Crippen molar-refractivity contribution in [1.82, 2.24) is 22.9 Å². The Bertz CT molecular complexity index is 2500. The Kier molecular flexibility index (Phi) is 13.7. The summed E-state index contributed by atoms with van der Waals surface area (Å²) in [6.07, 6.45) is 1.17. The molecule has 2 saturated heterocycles. The van der Waals surface area contributed by atoms with Crippen LogP contribution in [0.2, 0.25) is 0 Å². The van der Waals surface area contributed by atoms with Crippen molar-refractivity contribution in [2.24, 2.45) is 11.8 Å². The molecule has 18 heteroatoms. The molecule has 0 radical (unpaired) electrons. The molecule has 2 aliphatic heterocycles. The first-order valence-corrected chi connectivity index (χ1v) is 24.0. The highest BCUT2D eigenvalue weighted by Crippen LogP contribution is 2.50. The van der Waals surface area contributed by atoms with E-state index in [2.05, 4.69) is 30.4 Å². The molecule has 3 heterocycles. The van der Waals surface area contributed by atoms with Crippen molar-refractivity contribution in [1.29, 1.82) is 0 Å². The zero-order chi connectivity index (χ0) is 43.6. The lowest BCUT2D eigenvalue weighted by molar-refractivity contribution is -0.139. The molecule has 3 aromatic carbocycles. The number of hydrogen-bond acceptors (Lipinski definition) is 10. The largest absolute Gasteiger partial charge is 0.482 e. The number of ether oxygens (including phenoxy) is 2. The molecule has 2 aliphatic rings. The van der Waals surface area contributed by atoms with Crippen LogP contribution in [0.15, 0.2) is 106 Å². The highest BCUT2D eigenvalue weighted by molar-refractivity contribution is 7.89. The average molecular weight is 884 g/mol. The second kappa shape index (κ2) is 18.3. The predicted molar refractivity (Wildman–Crippen MR) is 225 cm³/mol.